The third kappa shape index (κ3) is 2.86. The molecule has 1 unspecified atom stereocenters. The van der Waals surface area contributed by atoms with Crippen LogP contribution >= 0.6 is 0 Å². The molecule has 3 amide bonds. The van der Waals surface area contributed by atoms with Crippen molar-refractivity contribution in [1.29, 1.82) is 0 Å². The number of rotatable bonds is 4. The van der Waals surface area contributed by atoms with E-state index in [0.29, 0.717) is 18.0 Å². The number of benzene rings is 1. The molecule has 6 heteroatoms. The Bertz CT molecular complexity index is 570. The van der Waals surface area contributed by atoms with Gasteiger partial charge in [0.2, 0.25) is 5.91 Å². The molecule has 0 radical (unpaired) electrons. The summed E-state index contributed by atoms with van der Waals surface area (Å²) in [6.07, 6.45) is 4.39. The lowest BCUT2D eigenvalue weighted by Crippen LogP contribution is -2.38. The Morgan fingerprint density at radius 2 is 2.05 bits per heavy atom. The lowest BCUT2D eigenvalue weighted by Gasteiger charge is -2.22. The smallest absolute Gasteiger partial charge is 0.318 e. The van der Waals surface area contributed by atoms with Crippen LogP contribution in [-0.4, -0.2) is 42.6 Å². The molecule has 22 heavy (non-hydrogen) atoms. The first-order valence-corrected chi connectivity index (χ1v) is 7.70. The molecule has 3 rings (SSSR count). The number of para-hydroxylation sites is 2. The third-order valence-corrected chi connectivity index (χ3v) is 4.38. The minimum absolute atomic E-state index is 0.132. The number of carbonyl (C=O) groups excluding carboxylic acids is 2. The molecule has 1 aliphatic carbocycles. The average Bonchev–Trinajstić information content (AvgIpc) is 3.16. The van der Waals surface area contributed by atoms with E-state index in [1.165, 1.54) is 0 Å². The number of hydrogen-bond donors (Lipinski definition) is 2. The molecule has 1 aromatic carbocycles. The highest BCUT2D eigenvalue weighted by atomic mass is 16.5. The molecule has 2 aliphatic rings. The van der Waals surface area contributed by atoms with Crippen molar-refractivity contribution in [1.82, 2.24) is 10.2 Å². The van der Waals surface area contributed by atoms with Crippen molar-refractivity contribution in [2.75, 3.05) is 19.0 Å². The van der Waals surface area contributed by atoms with Gasteiger partial charge in [-0.15, -0.1) is 0 Å². The maximum atomic E-state index is 12.4. The largest absolute Gasteiger partial charge is 0.495 e. The van der Waals surface area contributed by atoms with Gasteiger partial charge >= 0.3 is 6.03 Å². The highest BCUT2D eigenvalue weighted by Crippen LogP contribution is 2.27. The highest BCUT2D eigenvalue weighted by Gasteiger charge is 2.38. The Morgan fingerprint density at radius 3 is 2.77 bits per heavy atom. The van der Waals surface area contributed by atoms with E-state index in [2.05, 4.69) is 10.6 Å². The molecule has 1 heterocycles. The summed E-state index contributed by atoms with van der Waals surface area (Å²) in [7, 11) is 1.56. The van der Waals surface area contributed by atoms with Gasteiger partial charge in [0.1, 0.15) is 11.8 Å². The minimum Gasteiger partial charge on any atom is -0.495 e. The molecule has 0 aromatic heterocycles. The molecule has 0 bridgehead atoms. The number of amides is 3. The fraction of sp³-hybridized carbons (Fsp3) is 0.500. The Labute approximate surface area is 129 Å². The summed E-state index contributed by atoms with van der Waals surface area (Å²) in [5, 5.41) is 5.60. The van der Waals surface area contributed by atoms with Crippen LogP contribution in [0.1, 0.15) is 25.7 Å². The molecule has 6 nitrogen and oxygen atoms in total. The van der Waals surface area contributed by atoms with E-state index < -0.39 is 6.04 Å². The number of carbonyl (C=O) groups is 2. The first-order chi connectivity index (χ1) is 10.7. The van der Waals surface area contributed by atoms with Crippen LogP contribution < -0.4 is 15.4 Å². The number of methoxy groups -OCH3 is 1. The zero-order valence-corrected chi connectivity index (χ0v) is 12.7. The zero-order chi connectivity index (χ0) is 15.5. The predicted molar refractivity (Wildman–Crippen MR) is 82.9 cm³/mol. The minimum atomic E-state index is -0.516. The number of anilines is 1. The van der Waals surface area contributed by atoms with E-state index in [0.717, 1.165) is 25.7 Å². The van der Waals surface area contributed by atoms with Crippen molar-refractivity contribution < 1.29 is 14.3 Å². The summed E-state index contributed by atoms with van der Waals surface area (Å²) in [6.45, 7) is 0.435. The van der Waals surface area contributed by atoms with Crippen molar-refractivity contribution in [3.63, 3.8) is 0 Å². The molecule has 1 atom stereocenters. The molecular formula is C16H21N3O3. The maximum absolute atomic E-state index is 12.4. The van der Waals surface area contributed by atoms with E-state index in [1.807, 2.05) is 12.1 Å². The van der Waals surface area contributed by atoms with Gasteiger partial charge in [0.15, 0.2) is 0 Å². The van der Waals surface area contributed by atoms with Crippen molar-refractivity contribution in [2.45, 2.75) is 37.8 Å². The topological polar surface area (TPSA) is 70.7 Å². The number of nitrogens with one attached hydrogen (secondary N) is 2. The number of nitrogens with zero attached hydrogens (tertiary/aromatic N) is 1. The number of urea groups is 1. The molecule has 1 aliphatic heterocycles. The fourth-order valence-electron chi connectivity index (χ4n) is 3.20. The lowest BCUT2D eigenvalue weighted by atomic mass is 10.2. The standard InChI is InChI=1S/C16H21N3O3/c1-22-14-9-5-4-8-12(14)17-15(20)13-10-19(16(21)18-13)11-6-2-3-7-11/h4-5,8-9,11,13H,2-3,6-7,10H2,1H3,(H,17,20)(H,18,21). The molecule has 0 spiro atoms. The van der Waals surface area contributed by atoms with Gasteiger partial charge in [-0.1, -0.05) is 25.0 Å². The van der Waals surface area contributed by atoms with Crippen molar-refractivity contribution in [3.05, 3.63) is 24.3 Å². The molecule has 2 N–H and O–H groups in total. The fourth-order valence-corrected chi connectivity index (χ4v) is 3.20. The third-order valence-electron chi connectivity index (χ3n) is 4.38. The van der Waals surface area contributed by atoms with Crippen molar-refractivity contribution >= 4 is 17.6 Å². The quantitative estimate of drug-likeness (QED) is 0.893. The van der Waals surface area contributed by atoms with Crippen LogP contribution in [0.2, 0.25) is 0 Å². The van der Waals surface area contributed by atoms with Gasteiger partial charge in [0, 0.05) is 6.04 Å². The summed E-state index contributed by atoms with van der Waals surface area (Å²) < 4.78 is 5.22. The monoisotopic (exact) mass is 303 g/mol. The number of ether oxygens (including phenoxy) is 1. The van der Waals surface area contributed by atoms with Gasteiger partial charge in [-0.2, -0.15) is 0 Å². The van der Waals surface area contributed by atoms with E-state index in [9.17, 15) is 9.59 Å². The van der Waals surface area contributed by atoms with Crippen LogP contribution in [0.5, 0.6) is 5.75 Å². The van der Waals surface area contributed by atoms with Gasteiger partial charge in [-0.3, -0.25) is 4.79 Å². The summed E-state index contributed by atoms with van der Waals surface area (Å²) in [5.74, 6) is 0.395. The van der Waals surface area contributed by atoms with Crippen LogP contribution in [-0.2, 0) is 4.79 Å². The van der Waals surface area contributed by atoms with E-state index in [4.69, 9.17) is 4.74 Å². The Kier molecular flexibility index (Phi) is 4.18. The van der Waals surface area contributed by atoms with Crippen LogP contribution in [0.25, 0.3) is 0 Å². The van der Waals surface area contributed by atoms with Gasteiger partial charge in [0.25, 0.3) is 0 Å². The Balaban J connectivity index is 1.64. The van der Waals surface area contributed by atoms with Crippen LogP contribution in [0, 0.1) is 0 Å². The Morgan fingerprint density at radius 1 is 1.32 bits per heavy atom. The zero-order valence-electron chi connectivity index (χ0n) is 12.7. The van der Waals surface area contributed by atoms with Crippen LogP contribution in [0.4, 0.5) is 10.5 Å². The van der Waals surface area contributed by atoms with Crippen LogP contribution in [0.3, 0.4) is 0 Å². The van der Waals surface area contributed by atoms with Gasteiger partial charge in [0.05, 0.1) is 19.3 Å². The lowest BCUT2D eigenvalue weighted by molar-refractivity contribution is -0.117. The summed E-state index contributed by atoms with van der Waals surface area (Å²) in [4.78, 5) is 26.2. The summed E-state index contributed by atoms with van der Waals surface area (Å²) in [6, 6.07) is 6.87. The van der Waals surface area contributed by atoms with Crippen molar-refractivity contribution in [3.8, 4) is 5.75 Å². The highest BCUT2D eigenvalue weighted by molar-refractivity contribution is 5.99. The van der Waals surface area contributed by atoms with Crippen LogP contribution in [0.15, 0.2) is 24.3 Å². The normalized spacial score (nSPS) is 21.8. The molecular weight excluding hydrogens is 282 g/mol. The second-order valence-corrected chi connectivity index (χ2v) is 5.78. The van der Waals surface area contributed by atoms with Gasteiger partial charge in [-0.05, 0) is 25.0 Å². The van der Waals surface area contributed by atoms with Crippen molar-refractivity contribution in [2.24, 2.45) is 0 Å². The molecule has 1 saturated carbocycles. The SMILES string of the molecule is COc1ccccc1NC(=O)C1CN(C2CCCC2)C(=O)N1. The van der Waals surface area contributed by atoms with Gasteiger partial charge in [-0.25, -0.2) is 4.79 Å². The molecule has 118 valence electrons. The first-order valence-electron chi connectivity index (χ1n) is 7.70. The molecule has 1 aromatic rings. The van der Waals surface area contributed by atoms with E-state index >= 15 is 0 Å². The molecule has 2 fully saturated rings. The summed E-state index contributed by atoms with van der Waals surface area (Å²) >= 11 is 0. The maximum Gasteiger partial charge on any atom is 0.318 e. The predicted octanol–water partition coefficient (Wildman–Crippen LogP) is 1.97. The van der Waals surface area contributed by atoms with E-state index in [1.54, 1.807) is 24.1 Å². The average molecular weight is 303 g/mol. The second kappa shape index (κ2) is 6.25. The first kappa shape index (κ1) is 14.7. The second-order valence-electron chi connectivity index (χ2n) is 5.78. The van der Waals surface area contributed by atoms with E-state index in [-0.39, 0.29) is 18.0 Å². The van der Waals surface area contributed by atoms with Gasteiger partial charge < -0.3 is 20.3 Å². The Hall–Kier alpha value is -2.24. The number of hydrogen-bond acceptors (Lipinski definition) is 3. The molecule has 1 saturated heterocycles. The summed E-state index contributed by atoms with van der Waals surface area (Å²) in [5.41, 5.74) is 0.614.